The van der Waals surface area contributed by atoms with Crippen molar-refractivity contribution < 1.29 is 0 Å². The molecule has 0 aliphatic heterocycles. The summed E-state index contributed by atoms with van der Waals surface area (Å²) in [6.07, 6.45) is 0. The van der Waals surface area contributed by atoms with Crippen molar-refractivity contribution in [2.45, 2.75) is 0 Å². The van der Waals surface area contributed by atoms with Gasteiger partial charge in [0.05, 0.1) is 39.9 Å². The summed E-state index contributed by atoms with van der Waals surface area (Å²) in [6, 6.07) is 65.8. The third-order valence-electron chi connectivity index (χ3n) is 11.2. The van der Waals surface area contributed by atoms with Crippen LogP contribution in [0.5, 0.6) is 0 Å². The van der Waals surface area contributed by atoms with E-state index in [4.69, 9.17) is 21.5 Å². The SMILES string of the molecule is [C-]#[N+]c1cccc(-c2ccc(-n3c4ccccc4c4c5c6ccccc6n(-c6ccc(-c7nc(-c8ccccc8)nc(-c8ccccc8)n7)cc6C#N)c5ccc43)cc2)c1. The Hall–Kier alpha value is -8.65. The molecular formula is C53H31N7. The van der Waals surface area contributed by atoms with Crippen molar-refractivity contribution in [2.75, 3.05) is 0 Å². The maximum absolute atomic E-state index is 10.8. The number of para-hydroxylation sites is 2. The predicted octanol–water partition coefficient (Wildman–Crippen LogP) is 13.2. The molecule has 0 atom stereocenters. The fourth-order valence-electron chi connectivity index (χ4n) is 8.51. The fourth-order valence-corrected chi connectivity index (χ4v) is 8.51. The third-order valence-corrected chi connectivity index (χ3v) is 11.2. The summed E-state index contributed by atoms with van der Waals surface area (Å²) in [4.78, 5) is 18.3. The topological polar surface area (TPSA) is 76.7 Å². The minimum absolute atomic E-state index is 0.493. The Balaban J connectivity index is 1.09. The molecule has 3 heterocycles. The normalized spacial score (nSPS) is 11.3. The molecule has 7 nitrogen and oxygen atoms in total. The van der Waals surface area contributed by atoms with Gasteiger partial charge in [-0.25, -0.2) is 19.8 Å². The Bertz CT molecular complexity index is 3490. The van der Waals surface area contributed by atoms with E-state index in [0.717, 1.165) is 82.8 Å². The maximum Gasteiger partial charge on any atom is 0.187 e. The van der Waals surface area contributed by atoms with E-state index in [1.54, 1.807) is 0 Å². The molecule has 0 fully saturated rings. The van der Waals surface area contributed by atoms with E-state index in [2.05, 4.69) is 105 Å². The first-order chi connectivity index (χ1) is 29.7. The zero-order chi connectivity index (χ0) is 40.2. The van der Waals surface area contributed by atoms with Gasteiger partial charge in [0, 0.05) is 43.9 Å². The molecular weight excluding hydrogens is 735 g/mol. The van der Waals surface area contributed by atoms with Crippen LogP contribution >= 0.6 is 0 Å². The highest BCUT2D eigenvalue weighted by molar-refractivity contribution is 6.29. The quantitative estimate of drug-likeness (QED) is 0.158. The van der Waals surface area contributed by atoms with Crippen molar-refractivity contribution in [2.24, 2.45) is 0 Å². The molecule has 0 radical (unpaired) electrons. The molecule has 0 aliphatic carbocycles. The van der Waals surface area contributed by atoms with Gasteiger partial charge in [-0.1, -0.05) is 127 Å². The molecule has 0 saturated carbocycles. The van der Waals surface area contributed by atoms with Gasteiger partial charge in [-0.15, -0.1) is 0 Å². The minimum atomic E-state index is 0.493. The van der Waals surface area contributed by atoms with Crippen molar-refractivity contribution in [3.05, 3.63) is 205 Å². The molecule has 0 amide bonds. The van der Waals surface area contributed by atoms with Crippen LogP contribution in [0.15, 0.2) is 188 Å². The average Bonchev–Trinajstić information content (AvgIpc) is 3.84. The molecule has 0 spiro atoms. The molecule has 11 rings (SSSR count). The van der Waals surface area contributed by atoms with Gasteiger partial charge in [-0.05, 0) is 71.8 Å². The second-order valence-electron chi connectivity index (χ2n) is 14.6. The van der Waals surface area contributed by atoms with Crippen LogP contribution in [0, 0.1) is 17.9 Å². The van der Waals surface area contributed by atoms with Gasteiger partial charge in [0.1, 0.15) is 6.07 Å². The summed E-state index contributed by atoms with van der Waals surface area (Å²) >= 11 is 0. The summed E-state index contributed by atoms with van der Waals surface area (Å²) in [5, 5.41) is 15.3. The molecule has 60 heavy (non-hydrogen) atoms. The number of rotatable bonds is 6. The van der Waals surface area contributed by atoms with Gasteiger partial charge in [0.2, 0.25) is 0 Å². The van der Waals surface area contributed by atoms with Crippen molar-refractivity contribution in [3.8, 4) is 62.7 Å². The van der Waals surface area contributed by atoms with Gasteiger partial charge < -0.3 is 9.13 Å². The molecule has 0 N–H and O–H groups in total. The van der Waals surface area contributed by atoms with Crippen LogP contribution in [-0.4, -0.2) is 24.1 Å². The lowest BCUT2D eigenvalue weighted by molar-refractivity contribution is 1.07. The molecule has 3 aromatic heterocycles. The first-order valence-corrected chi connectivity index (χ1v) is 19.6. The van der Waals surface area contributed by atoms with E-state index in [-0.39, 0.29) is 0 Å². The van der Waals surface area contributed by atoms with Crippen LogP contribution in [0.1, 0.15) is 5.56 Å². The molecule has 0 saturated heterocycles. The smallest absolute Gasteiger partial charge is 0.187 e. The summed E-state index contributed by atoms with van der Waals surface area (Å²) in [6.45, 7) is 7.47. The summed E-state index contributed by atoms with van der Waals surface area (Å²) in [5.74, 6) is 1.62. The predicted molar refractivity (Wildman–Crippen MR) is 241 cm³/mol. The molecule has 11 aromatic rings. The van der Waals surface area contributed by atoms with Crippen molar-refractivity contribution in [1.29, 1.82) is 5.26 Å². The van der Waals surface area contributed by atoms with Gasteiger partial charge in [0.15, 0.2) is 23.2 Å². The van der Waals surface area contributed by atoms with Crippen LogP contribution in [0.3, 0.4) is 0 Å². The molecule has 0 aliphatic rings. The molecule has 0 unspecified atom stereocenters. The number of nitrogens with zero attached hydrogens (tertiary/aromatic N) is 7. The van der Waals surface area contributed by atoms with Crippen LogP contribution < -0.4 is 0 Å². The van der Waals surface area contributed by atoms with Crippen LogP contribution in [0.2, 0.25) is 0 Å². The molecule has 7 heteroatoms. The Labute approximate surface area is 345 Å². The zero-order valence-corrected chi connectivity index (χ0v) is 32.0. The highest BCUT2D eigenvalue weighted by atomic mass is 15.0. The lowest BCUT2D eigenvalue weighted by atomic mass is 10.0. The highest BCUT2D eigenvalue weighted by Gasteiger charge is 2.22. The van der Waals surface area contributed by atoms with Gasteiger partial charge in [-0.3, -0.25) is 0 Å². The standard InChI is InChI=1S/C53H31N7/c1-55-40-18-12-17-37(32-40)34-23-26-41(27-24-34)59-45-21-10-8-19-42(45)49-47(59)29-30-48-50(49)43-20-9-11-22-46(43)60(48)44-28-25-38(31-39(44)33-54)53-57-51(35-13-4-2-5-14-35)56-52(58-53)36-15-6-3-7-16-36/h2-32H. The second-order valence-corrected chi connectivity index (χ2v) is 14.6. The van der Waals surface area contributed by atoms with Crippen molar-refractivity contribution in [3.63, 3.8) is 0 Å². The Morgan fingerprint density at radius 1 is 0.433 bits per heavy atom. The number of hydrogen-bond acceptors (Lipinski definition) is 4. The van der Waals surface area contributed by atoms with Gasteiger partial charge in [-0.2, -0.15) is 5.26 Å². The van der Waals surface area contributed by atoms with Crippen LogP contribution in [-0.2, 0) is 0 Å². The van der Waals surface area contributed by atoms with E-state index < -0.39 is 0 Å². The number of nitriles is 1. The maximum atomic E-state index is 10.8. The zero-order valence-electron chi connectivity index (χ0n) is 32.0. The molecule has 0 bridgehead atoms. The fraction of sp³-hybridized carbons (Fsp3) is 0. The largest absolute Gasteiger partial charge is 0.309 e. The Morgan fingerprint density at radius 2 is 0.950 bits per heavy atom. The van der Waals surface area contributed by atoms with Gasteiger partial charge in [0.25, 0.3) is 0 Å². The van der Waals surface area contributed by atoms with E-state index in [1.807, 2.05) is 103 Å². The summed E-state index contributed by atoms with van der Waals surface area (Å²) < 4.78 is 4.54. The van der Waals surface area contributed by atoms with E-state index in [9.17, 15) is 5.26 Å². The monoisotopic (exact) mass is 765 g/mol. The number of aromatic nitrogens is 5. The van der Waals surface area contributed by atoms with Gasteiger partial charge >= 0.3 is 0 Å². The third kappa shape index (κ3) is 5.61. The van der Waals surface area contributed by atoms with E-state index in [1.165, 1.54) is 0 Å². The lowest BCUT2D eigenvalue weighted by Crippen LogP contribution is -2.02. The minimum Gasteiger partial charge on any atom is -0.309 e. The van der Waals surface area contributed by atoms with E-state index in [0.29, 0.717) is 28.7 Å². The highest BCUT2D eigenvalue weighted by Crippen LogP contribution is 2.43. The number of benzene rings is 8. The van der Waals surface area contributed by atoms with Crippen molar-refractivity contribution >= 4 is 49.3 Å². The van der Waals surface area contributed by atoms with E-state index >= 15 is 0 Å². The first kappa shape index (κ1) is 34.6. The number of fused-ring (bicyclic) bond motifs is 7. The Morgan fingerprint density at radius 3 is 1.55 bits per heavy atom. The second kappa shape index (κ2) is 14.1. The summed E-state index contributed by atoms with van der Waals surface area (Å²) in [5.41, 5.74) is 11.7. The molecule has 278 valence electrons. The first-order valence-electron chi connectivity index (χ1n) is 19.6. The summed E-state index contributed by atoms with van der Waals surface area (Å²) in [7, 11) is 0. The number of hydrogen-bond donors (Lipinski definition) is 0. The van der Waals surface area contributed by atoms with Crippen LogP contribution in [0.4, 0.5) is 5.69 Å². The molecule has 8 aromatic carbocycles. The Kier molecular flexibility index (Phi) is 8.11. The lowest BCUT2D eigenvalue weighted by Gasteiger charge is -2.13. The van der Waals surface area contributed by atoms with Crippen LogP contribution in [0.25, 0.3) is 105 Å². The van der Waals surface area contributed by atoms with Crippen molar-refractivity contribution in [1.82, 2.24) is 24.1 Å². The average molecular weight is 766 g/mol.